The minimum atomic E-state index is 0.747. The van der Waals surface area contributed by atoms with Gasteiger partial charge in [-0.2, -0.15) is 4.90 Å². The predicted molar refractivity (Wildman–Crippen MR) is 50.8 cm³/mol. The van der Waals surface area contributed by atoms with Gasteiger partial charge in [-0.15, -0.1) is 0 Å². The molecular weight excluding hydrogens is 150 g/mol. The van der Waals surface area contributed by atoms with Gasteiger partial charge in [0.25, 0.3) is 0 Å². The normalized spacial score (nSPS) is 10.2. The molecule has 0 spiro atoms. The average Bonchev–Trinajstić information content (AvgIpc) is 2.05. The zero-order valence-electron chi connectivity index (χ0n) is 7.66. The summed E-state index contributed by atoms with van der Waals surface area (Å²) >= 11 is 0. The van der Waals surface area contributed by atoms with Crippen LogP contribution in [0.3, 0.4) is 0 Å². The highest BCUT2D eigenvalue weighted by molar-refractivity contribution is 5.20. The fourth-order valence-corrected chi connectivity index (χ4v) is 0.863. The van der Waals surface area contributed by atoms with Gasteiger partial charge in [-0.3, -0.25) is 0 Å². The second-order valence-corrected chi connectivity index (χ2v) is 2.96. The molecule has 1 aromatic carbocycles. The molecule has 0 heterocycles. The van der Waals surface area contributed by atoms with E-state index in [9.17, 15) is 0 Å². The van der Waals surface area contributed by atoms with Crippen molar-refractivity contribution in [2.45, 2.75) is 0 Å². The van der Waals surface area contributed by atoms with E-state index < -0.39 is 0 Å². The highest BCUT2D eigenvalue weighted by atomic mass is 16.5. The van der Waals surface area contributed by atoms with E-state index in [1.807, 2.05) is 44.4 Å². The largest absolute Gasteiger partial charge is 0.488 e. The minimum absolute atomic E-state index is 0.747. The van der Waals surface area contributed by atoms with Crippen LogP contribution < -0.4 is 9.64 Å². The van der Waals surface area contributed by atoms with Crippen molar-refractivity contribution in [3.63, 3.8) is 0 Å². The van der Waals surface area contributed by atoms with Gasteiger partial charge in [0.15, 0.2) is 6.54 Å². The number of benzene rings is 1. The van der Waals surface area contributed by atoms with Crippen molar-refractivity contribution < 1.29 is 4.74 Å². The lowest BCUT2D eigenvalue weighted by atomic mass is 10.3. The van der Waals surface area contributed by atoms with Crippen LogP contribution in [-0.2, 0) is 0 Å². The van der Waals surface area contributed by atoms with Gasteiger partial charge in [0.05, 0.1) is 0 Å². The van der Waals surface area contributed by atoms with Crippen LogP contribution in [0.1, 0.15) is 0 Å². The Morgan fingerprint density at radius 1 is 1.17 bits per heavy atom. The molecule has 0 amide bonds. The molecule has 65 valence electrons. The van der Waals surface area contributed by atoms with Crippen molar-refractivity contribution in [1.82, 2.24) is 4.90 Å². The SMILES string of the molecule is C[N+](C)CCOc1ccccc1. The number of rotatable bonds is 4. The summed E-state index contributed by atoms with van der Waals surface area (Å²) in [6.07, 6.45) is 0. The first kappa shape index (κ1) is 9.07. The number of nitrogens with zero attached hydrogens (tertiary/aromatic N) is 1. The van der Waals surface area contributed by atoms with E-state index in [0.29, 0.717) is 0 Å². The summed E-state index contributed by atoms with van der Waals surface area (Å²) in [6, 6.07) is 9.88. The van der Waals surface area contributed by atoms with Crippen LogP contribution in [0.25, 0.3) is 0 Å². The summed E-state index contributed by atoms with van der Waals surface area (Å²) < 4.78 is 5.48. The van der Waals surface area contributed by atoms with Gasteiger partial charge >= 0.3 is 0 Å². The van der Waals surface area contributed by atoms with Gasteiger partial charge in [-0.25, -0.2) is 0 Å². The zero-order chi connectivity index (χ0) is 8.81. The Bertz CT molecular complexity index is 208. The predicted octanol–water partition coefficient (Wildman–Crippen LogP) is 1.47. The molecule has 0 aliphatic rings. The van der Waals surface area contributed by atoms with Gasteiger partial charge in [0.2, 0.25) is 0 Å². The molecule has 2 heteroatoms. The standard InChI is InChI=1S/C10H15NO/c1-11(2)8-9-12-10-6-4-3-5-7-10/h3-7H,8-9H2,1-2H3/q+1. The molecule has 0 aliphatic heterocycles. The van der Waals surface area contributed by atoms with Gasteiger partial charge in [-0.1, -0.05) is 18.2 Å². The van der Waals surface area contributed by atoms with Gasteiger partial charge in [0.1, 0.15) is 26.5 Å². The Kier molecular flexibility index (Phi) is 3.61. The Labute approximate surface area is 73.8 Å². The second-order valence-electron chi connectivity index (χ2n) is 2.96. The molecule has 0 saturated carbocycles. The number of likely N-dealkylation sites (N-methyl/N-ethyl adjacent to an activating group) is 1. The molecule has 0 bridgehead atoms. The van der Waals surface area contributed by atoms with E-state index >= 15 is 0 Å². The fraction of sp³-hybridized carbons (Fsp3) is 0.400. The van der Waals surface area contributed by atoms with E-state index in [1.165, 1.54) is 0 Å². The molecule has 1 radical (unpaired) electrons. The van der Waals surface area contributed by atoms with Gasteiger partial charge < -0.3 is 4.74 Å². The zero-order valence-corrected chi connectivity index (χ0v) is 7.66. The van der Waals surface area contributed by atoms with E-state index in [-0.39, 0.29) is 0 Å². The third-order valence-corrected chi connectivity index (χ3v) is 1.55. The molecule has 2 nitrogen and oxygen atoms in total. The monoisotopic (exact) mass is 165 g/mol. The van der Waals surface area contributed by atoms with Crippen LogP contribution in [-0.4, -0.2) is 27.2 Å². The maximum absolute atomic E-state index is 5.48. The summed E-state index contributed by atoms with van der Waals surface area (Å²) in [5, 5.41) is 0. The lowest BCUT2D eigenvalue weighted by Gasteiger charge is -2.04. The van der Waals surface area contributed by atoms with Crippen molar-refractivity contribution in [3.05, 3.63) is 30.3 Å². The van der Waals surface area contributed by atoms with E-state index in [0.717, 1.165) is 18.9 Å². The van der Waals surface area contributed by atoms with Crippen molar-refractivity contribution in [2.75, 3.05) is 27.2 Å². The lowest BCUT2D eigenvalue weighted by molar-refractivity contribution is 0.297. The first-order valence-corrected chi connectivity index (χ1v) is 4.11. The Morgan fingerprint density at radius 2 is 1.83 bits per heavy atom. The number of hydrogen-bond donors (Lipinski definition) is 0. The van der Waals surface area contributed by atoms with Crippen molar-refractivity contribution in [2.24, 2.45) is 0 Å². The van der Waals surface area contributed by atoms with Crippen LogP contribution in [0.2, 0.25) is 0 Å². The molecule has 0 aromatic heterocycles. The topological polar surface area (TPSA) is 15.1 Å². The average molecular weight is 165 g/mol. The van der Waals surface area contributed by atoms with E-state index in [4.69, 9.17) is 4.74 Å². The molecule has 12 heavy (non-hydrogen) atoms. The summed E-state index contributed by atoms with van der Waals surface area (Å²) in [5.74, 6) is 0.944. The quantitative estimate of drug-likeness (QED) is 0.617. The van der Waals surface area contributed by atoms with Crippen LogP contribution in [0.5, 0.6) is 5.75 Å². The molecule has 1 rings (SSSR count). The molecule has 0 unspecified atom stereocenters. The maximum atomic E-state index is 5.48. The van der Waals surface area contributed by atoms with Crippen LogP contribution in [0.15, 0.2) is 30.3 Å². The van der Waals surface area contributed by atoms with Crippen LogP contribution in [0.4, 0.5) is 0 Å². The highest BCUT2D eigenvalue weighted by Gasteiger charge is 1.98. The summed E-state index contributed by atoms with van der Waals surface area (Å²) in [7, 11) is 4.07. The fourth-order valence-electron chi connectivity index (χ4n) is 0.863. The lowest BCUT2D eigenvalue weighted by Crippen LogP contribution is -2.24. The second kappa shape index (κ2) is 4.78. The smallest absolute Gasteiger partial charge is 0.156 e. The molecule has 0 saturated heterocycles. The van der Waals surface area contributed by atoms with Crippen LogP contribution in [0, 0.1) is 0 Å². The molecule has 0 atom stereocenters. The van der Waals surface area contributed by atoms with Crippen molar-refractivity contribution in [1.29, 1.82) is 0 Å². The van der Waals surface area contributed by atoms with Crippen molar-refractivity contribution >= 4 is 0 Å². The molecule has 0 aliphatic carbocycles. The Balaban J connectivity index is 2.25. The van der Waals surface area contributed by atoms with E-state index in [2.05, 4.69) is 4.90 Å². The summed E-state index contributed by atoms with van der Waals surface area (Å²) in [4.78, 5) is 2.10. The first-order chi connectivity index (χ1) is 5.79. The van der Waals surface area contributed by atoms with E-state index in [1.54, 1.807) is 0 Å². The molecule has 1 aromatic rings. The van der Waals surface area contributed by atoms with Gasteiger partial charge in [-0.05, 0) is 12.1 Å². The summed E-state index contributed by atoms with van der Waals surface area (Å²) in [6.45, 7) is 1.70. The third kappa shape index (κ3) is 3.39. The third-order valence-electron chi connectivity index (χ3n) is 1.55. The van der Waals surface area contributed by atoms with Crippen molar-refractivity contribution in [3.8, 4) is 5.75 Å². The molecule has 0 fully saturated rings. The number of ether oxygens (including phenoxy) is 1. The number of para-hydroxylation sites is 1. The first-order valence-electron chi connectivity index (χ1n) is 4.11. The molecule has 0 N–H and O–H groups in total. The highest BCUT2D eigenvalue weighted by Crippen LogP contribution is 2.07. The maximum Gasteiger partial charge on any atom is 0.156 e. The molecular formula is C10H15NO+. The Hall–Kier alpha value is -1.02. The Morgan fingerprint density at radius 3 is 2.42 bits per heavy atom. The van der Waals surface area contributed by atoms with Crippen LogP contribution >= 0.6 is 0 Å². The summed E-state index contributed by atoms with van der Waals surface area (Å²) in [5.41, 5.74) is 0. The minimum Gasteiger partial charge on any atom is -0.488 e. The number of hydrogen-bond acceptors (Lipinski definition) is 2. The van der Waals surface area contributed by atoms with Gasteiger partial charge in [0, 0.05) is 0 Å².